The molecule has 0 spiro atoms. The van der Waals surface area contributed by atoms with Gasteiger partial charge in [0, 0.05) is 17.5 Å². The Labute approximate surface area is 147 Å². The summed E-state index contributed by atoms with van der Waals surface area (Å²) in [4.78, 5) is 12.7. The Morgan fingerprint density at radius 2 is 1.92 bits per heavy atom. The fourth-order valence-electron chi connectivity index (χ4n) is 3.02. The van der Waals surface area contributed by atoms with Gasteiger partial charge in [-0.15, -0.1) is 10.2 Å². The zero-order chi connectivity index (χ0) is 16.7. The molecule has 0 amide bonds. The van der Waals surface area contributed by atoms with Crippen LogP contribution < -0.4 is 0 Å². The van der Waals surface area contributed by atoms with Crippen molar-refractivity contribution in [2.24, 2.45) is 0 Å². The Morgan fingerprint density at radius 3 is 2.50 bits per heavy atom. The van der Waals surface area contributed by atoms with E-state index in [2.05, 4.69) is 21.7 Å². The zero-order valence-corrected chi connectivity index (χ0v) is 15.1. The van der Waals surface area contributed by atoms with Crippen molar-refractivity contribution in [1.82, 2.24) is 14.8 Å². The van der Waals surface area contributed by atoms with Gasteiger partial charge in [0.05, 0.1) is 5.25 Å². The van der Waals surface area contributed by atoms with E-state index in [1.165, 1.54) is 31.2 Å². The number of thioether (sulfide) groups is 1. The van der Waals surface area contributed by atoms with E-state index in [0.29, 0.717) is 12.0 Å². The summed E-state index contributed by atoms with van der Waals surface area (Å²) in [6.07, 6.45) is 5.88. The highest BCUT2D eigenvalue weighted by atomic mass is 32.2. The Balaban J connectivity index is 1.51. The highest BCUT2D eigenvalue weighted by molar-refractivity contribution is 8.00. The van der Waals surface area contributed by atoms with E-state index < -0.39 is 0 Å². The molecule has 1 aromatic heterocycles. The molecule has 2 aliphatic carbocycles. The average Bonchev–Trinajstić information content (AvgIpc) is 3.53. The maximum Gasteiger partial charge on any atom is 0.192 e. The third-order valence-electron chi connectivity index (χ3n) is 4.84. The molecule has 1 atom stereocenters. The van der Waals surface area contributed by atoms with E-state index in [9.17, 15) is 4.79 Å². The van der Waals surface area contributed by atoms with Gasteiger partial charge in [-0.1, -0.05) is 43.0 Å². The summed E-state index contributed by atoms with van der Waals surface area (Å²) in [5, 5.41) is 9.61. The van der Waals surface area contributed by atoms with Crippen LogP contribution in [0.15, 0.2) is 29.4 Å². The lowest BCUT2D eigenvalue weighted by molar-refractivity contribution is 0.0994. The fraction of sp³-hybridized carbons (Fsp3) is 0.526. The van der Waals surface area contributed by atoms with E-state index in [0.717, 1.165) is 23.0 Å². The number of hydrogen-bond donors (Lipinski definition) is 0. The Hall–Kier alpha value is -1.62. The van der Waals surface area contributed by atoms with Crippen LogP contribution in [0.5, 0.6) is 0 Å². The van der Waals surface area contributed by atoms with Crippen molar-refractivity contribution < 1.29 is 4.79 Å². The van der Waals surface area contributed by atoms with Crippen LogP contribution in [0.4, 0.5) is 0 Å². The molecule has 0 aliphatic heterocycles. The number of Topliss-reactive ketones (excluding diaryl/α,β-unsaturated/α-hetero) is 1. The van der Waals surface area contributed by atoms with E-state index in [-0.39, 0.29) is 11.0 Å². The second-order valence-corrected chi connectivity index (χ2v) is 8.20. The summed E-state index contributed by atoms with van der Waals surface area (Å²) in [7, 11) is 0. The summed E-state index contributed by atoms with van der Waals surface area (Å²) in [6.45, 7) is 4.10. The molecule has 2 aliphatic rings. The number of rotatable bonds is 7. The Kier molecular flexibility index (Phi) is 4.21. The SMILES string of the molecule is CCc1ccc(C(=O)C(C)Sc2nnc(C3CC3)n2C2CC2)cc1. The minimum absolute atomic E-state index is 0.147. The lowest BCUT2D eigenvalue weighted by Gasteiger charge is -2.12. The second-order valence-electron chi connectivity index (χ2n) is 6.89. The van der Waals surface area contributed by atoms with Crippen LogP contribution in [0.1, 0.15) is 73.2 Å². The standard InChI is InChI=1S/C19H23N3OS/c1-3-13-4-6-14(7-5-13)17(23)12(2)24-19-21-20-18(15-8-9-15)22(19)16-10-11-16/h4-7,12,15-16H,3,8-11H2,1-2H3. The van der Waals surface area contributed by atoms with Crippen LogP contribution in [0, 0.1) is 0 Å². The molecule has 24 heavy (non-hydrogen) atoms. The van der Waals surface area contributed by atoms with E-state index in [4.69, 9.17) is 0 Å². The normalized spacial score (nSPS) is 18.6. The van der Waals surface area contributed by atoms with Gasteiger partial charge in [0.1, 0.15) is 5.82 Å². The number of ketones is 1. The summed E-state index contributed by atoms with van der Waals surface area (Å²) in [5.74, 6) is 1.91. The maximum absolute atomic E-state index is 12.7. The Bertz CT molecular complexity index is 744. The van der Waals surface area contributed by atoms with Crippen LogP contribution in [-0.2, 0) is 6.42 Å². The van der Waals surface area contributed by atoms with Gasteiger partial charge in [-0.2, -0.15) is 0 Å². The van der Waals surface area contributed by atoms with Crippen LogP contribution in [0.3, 0.4) is 0 Å². The third-order valence-corrected chi connectivity index (χ3v) is 5.90. The van der Waals surface area contributed by atoms with Crippen molar-refractivity contribution in [1.29, 1.82) is 0 Å². The zero-order valence-electron chi connectivity index (χ0n) is 14.2. The maximum atomic E-state index is 12.7. The van der Waals surface area contributed by atoms with Gasteiger partial charge in [0.25, 0.3) is 0 Å². The van der Waals surface area contributed by atoms with Crippen molar-refractivity contribution in [2.75, 3.05) is 0 Å². The number of aryl methyl sites for hydroxylation is 1. The summed E-state index contributed by atoms with van der Waals surface area (Å²) in [5.41, 5.74) is 2.04. The highest BCUT2D eigenvalue weighted by Crippen LogP contribution is 2.46. The highest BCUT2D eigenvalue weighted by Gasteiger charge is 2.37. The average molecular weight is 341 g/mol. The number of hydrogen-bond acceptors (Lipinski definition) is 4. The smallest absolute Gasteiger partial charge is 0.192 e. The van der Waals surface area contributed by atoms with Crippen LogP contribution >= 0.6 is 11.8 Å². The topological polar surface area (TPSA) is 47.8 Å². The molecule has 2 fully saturated rings. The Morgan fingerprint density at radius 1 is 1.21 bits per heavy atom. The van der Waals surface area contributed by atoms with E-state index in [1.807, 2.05) is 31.2 Å². The molecule has 1 aromatic carbocycles. The van der Waals surface area contributed by atoms with Crippen molar-refractivity contribution in [3.63, 3.8) is 0 Å². The van der Waals surface area contributed by atoms with Crippen molar-refractivity contribution in [3.8, 4) is 0 Å². The van der Waals surface area contributed by atoms with Gasteiger partial charge < -0.3 is 4.57 Å². The fourth-order valence-corrected chi connectivity index (χ4v) is 4.02. The molecule has 0 bridgehead atoms. The third kappa shape index (κ3) is 3.14. The van der Waals surface area contributed by atoms with Crippen molar-refractivity contribution in [3.05, 3.63) is 41.2 Å². The van der Waals surface area contributed by atoms with Crippen LogP contribution in [0.25, 0.3) is 0 Å². The quantitative estimate of drug-likeness (QED) is 0.552. The number of benzene rings is 1. The lowest BCUT2D eigenvalue weighted by atomic mass is 10.1. The van der Waals surface area contributed by atoms with Gasteiger partial charge in [-0.05, 0) is 44.6 Å². The van der Waals surface area contributed by atoms with Crippen LogP contribution in [0.2, 0.25) is 0 Å². The predicted octanol–water partition coefficient (Wildman–Crippen LogP) is 4.42. The number of carbonyl (C=O) groups excluding carboxylic acids is 1. The van der Waals surface area contributed by atoms with Crippen molar-refractivity contribution in [2.45, 2.75) is 68.3 Å². The van der Waals surface area contributed by atoms with Gasteiger partial charge in [0.15, 0.2) is 10.9 Å². The van der Waals surface area contributed by atoms with Crippen molar-refractivity contribution >= 4 is 17.5 Å². The van der Waals surface area contributed by atoms with Crippen LogP contribution in [-0.4, -0.2) is 25.8 Å². The number of nitrogens with zero attached hydrogens (tertiary/aromatic N) is 3. The molecule has 1 heterocycles. The summed E-state index contributed by atoms with van der Waals surface area (Å²) >= 11 is 1.56. The van der Waals surface area contributed by atoms with Gasteiger partial charge in [0.2, 0.25) is 0 Å². The molecule has 5 heteroatoms. The molecule has 0 saturated heterocycles. The van der Waals surface area contributed by atoms with E-state index >= 15 is 0 Å². The first-order valence-corrected chi connectivity index (χ1v) is 9.80. The first-order chi connectivity index (χ1) is 11.7. The van der Waals surface area contributed by atoms with Gasteiger partial charge >= 0.3 is 0 Å². The summed E-state index contributed by atoms with van der Waals surface area (Å²) < 4.78 is 2.31. The molecular formula is C19H23N3OS. The monoisotopic (exact) mass is 341 g/mol. The molecule has 2 aromatic rings. The molecule has 0 radical (unpaired) electrons. The largest absolute Gasteiger partial charge is 0.303 e. The number of aromatic nitrogens is 3. The lowest BCUT2D eigenvalue weighted by Crippen LogP contribution is -2.15. The predicted molar refractivity (Wildman–Crippen MR) is 95.7 cm³/mol. The second kappa shape index (κ2) is 6.36. The molecule has 2 saturated carbocycles. The molecule has 1 unspecified atom stereocenters. The molecular weight excluding hydrogens is 318 g/mol. The van der Waals surface area contributed by atoms with E-state index in [1.54, 1.807) is 11.8 Å². The van der Waals surface area contributed by atoms with Gasteiger partial charge in [-0.25, -0.2) is 0 Å². The first kappa shape index (κ1) is 15.9. The first-order valence-electron chi connectivity index (χ1n) is 8.92. The minimum Gasteiger partial charge on any atom is -0.303 e. The molecule has 4 rings (SSSR count). The summed E-state index contributed by atoms with van der Waals surface area (Å²) in [6, 6.07) is 8.54. The number of carbonyl (C=O) groups is 1. The minimum atomic E-state index is -0.147. The van der Waals surface area contributed by atoms with Gasteiger partial charge in [-0.3, -0.25) is 4.79 Å². The molecule has 126 valence electrons. The molecule has 4 nitrogen and oxygen atoms in total. The molecule has 0 N–H and O–H groups in total.